The number of sulfonamides is 1. The Bertz CT molecular complexity index is 826. The molecule has 0 saturated carbocycles. The third-order valence-corrected chi connectivity index (χ3v) is 6.97. The fraction of sp³-hybridized carbons (Fsp3) is 0.462. The highest BCUT2D eigenvalue weighted by Crippen LogP contribution is 2.31. The highest BCUT2D eigenvalue weighted by atomic mass is 32.2. The van der Waals surface area contributed by atoms with Crippen LogP contribution in [0.4, 0.5) is 0 Å². The van der Waals surface area contributed by atoms with Crippen LogP contribution in [0.1, 0.15) is 18.7 Å². The second kappa shape index (κ2) is 6.02. The second-order valence-electron chi connectivity index (χ2n) is 5.33. The minimum Gasteiger partial charge on any atom is -0.481 e. The molecule has 0 aromatic carbocycles. The van der Waals surface area contributed by atoms with Crippen LogP contribution in [0.3, 0.4) is 0 Å². The number of hydrogen-bond acceptors (Lipinski definition) is 7. The molecule has 1 N–H and O–H groups in total. The van der Waals surface area contributed by atoms with E-state index in [1.807, 2.05) is 0 Å². The van der Waals surface area contributed by atoms with Gasteiger partial charge in [-0.3, -0.25) is 4.79 Å². The summed E-state index contributed by atoms with van der Waals surface area (Å²) in [5, 5.41) is 14.5. The predicted molar refractivity (Wildman–Crippen MR) is 81.5 cm³/mol. The molecule has 8 nitrogen and oxygen atoms in total. The number of thiophene rings is 1. The fourth-order valence-corrected chi connectivity index (χ4v) is 5.31. The van der Waals surface area contributed by atoms with E-state index in [0.717, 1.165) is 11.3 Å². The molecule has 1 unspecified atom stereocenters. The van der Waals surface area contributed by atoms with E-state index in [2.05, 4.69) is 10.1 Å². The number of rotatable bonds is 4. The van der Waals surface area contributed by atoms with Gasteiger partial charge in [-0.15, -0.1) is 11.3 Å². The average molecular weight is 357 g/mol. The van der Waals surface area contributed by atoms with E-state index in [1.54, 1.807) is 12.3 Å². The third kappa shape index (κ3) is 3.14. The number of aliphatic carboxylic acids is 1. The molecular formula is C13H15N3O5S2. The van der Waals surface area contributed by atoms with E-state index >= 15 is 0 Å². The largest absolute Gasteiger partial charge is 0.481 e. The van der Waals surface area contributed by atoms with Crippen LogP contribution >= 0.6 is 11.3 Å². The summed E-state index contributed by atoms with van der Waals surface area (Å²) in [6, 6.07) is 1.49. The monoisotopic (exact) mass is 357 g/mol. The molecule has 1 fully saturated rings. The molecule has 3 rings (SSSR count). The van der Waals surface area contributed by atoms with Crippen LogP contribution in [-0.2, 0) is 14.8 Å². The molecule has 0 aliphatic carbocycles. The van der Waals surface area contributed by atoms with Gasteiger partial charge in [0, 0.05) is 31.0 Å². The van der Waals surface area contributed by atoms with Gasteiger partial charge >= 0.3 is 5.97 Å². The molecule has 23 heavy (non-hydrogen) atoms. The maximum atomic E-state index is 12.7. The first kappa shape index (κ1) is 16.1. The number of aryl methyl sites for hydroxylation is 1. The van der Waals surface area contributed by atoms with Gasteiger partial charge in [0.1, 0.15) is 4.21 Å². The lowest BCUT2D eigenvalue weighted by atomic mass is 10.0. The maximum absolute atomic E-state index is 12.7. The zero-order valence-corrected chi connectivity index (χ0v) is 13.9. The maximum Gasteiger partial charge on any atom is 0.307 e. The van der Waals surface area contributed by atoms with E-state index in [9.17, 15) is 13.2 Å². The van der Waals surface area contributed by atoms with Gasteiger partial charge in [-0.2, -0.15) is 9.29 Å². The van der Waals surface area contributed by atoms with Crippen molar-refractivity contribution in [2.24, 2.45) is 5.92 Å². The van der Waals surface area contributed by atoms with Crippen LogP contribution in [0.15, 0.2) is 20.2 Å². The van der Waals surface area contributed by atoms with Crippen molar-refractivity contribution in [3.05, 3.63) is 17.3 Å². The Hall–Kier alpha value is -1.78. The van der Waals surface area contributed by atoms with Gasteiger partial charge < -0.3 is 9.63 Å². The summed E-state index contributed by atoms with van der Waals surface area (Å²) in [7, 11) is -3.71. The molecule has 1 atom stereocenters. The Kier molecular flexibility index (Phi) is 4.21. The van der Waals surface area contributed by atoms with E-state index in [0.29, 0.717) is 36.7 Å². The normalized spacial score (nSPS) is 19.8. The first-order chi connectivity index (χ1) is 10.9. The standard InChI is InChI=1S/C13H15N3O5S2/c1-8-14-12(15-21-8)10-5-11(22-7-10)23(19,20)16-4-2-3-9(6-16)13(17)18/h5,7,9H,2-4,6H2,1H3,(H,17,18). The van der Waals surface area contributed by atoms with Crippen LogP contribution in [-0.4, -0.2) is 47.0 Å². The smallest absolute Gasteiger partial charge is 0.307 e. The van der Waals surface area contributed by atoms with Crippen molar-refractivity contribution in [2.45, 2.75) is 24.0 Å². The van der Waals surface area contributed by atoms with Gasteiger partial charge in [0.05, 0.1) is 5.92 Å². The zero-order valence-electron chi connectivity index (χ0n) is 12.3. The molecule has 0 amide bonds. The van der Waals surface area contributed by atoms with Crippen molar-refractivity contribution in [1.29, 1.82) is 0 Å². The van der Waals surface area contributed by atoms with Crippen LogP contribution in [0.25, 0.3) is 11.4 Å². The summed E-state index contributed by atoms with van der Waals surface area (Å²) < 4.78 is 31.7. The van der Waals surface area contributed by atoms with Crippen molar-refractivity contribution >= 4 is 27.3 Å². The zero-order chi connectivity index (χ0) is 16.6. The topological polar surface area (TPSA) is 114 Å². The van der Waals surface area contributed by atoms with Crippen molar-refractivity contribution in [3.8, 4) is 11.4 Å². The molecule has 0 radical (unpaired) electrons. The van der Waals surface area contributed by atoms with Crippen LogP contribution in [0.5, 0.6) is 0 Å². The van der Waals surface area contributed by atoms with Gasteiger partial charge in [0.2, 0.25) is 11.7 Å². The highest BCUT2D eigenvalue weighted by Gasteiger charge is 2.34. The summed E-state index contributed by atoms with van der Waals surface area (Å²) in [6.45, 7) is 1.99. The van der Waals surface area contributed by atoms with Crippen LogP contribution in [0, 0.1) is 12.8 Å². The van der Waals surface area contributed by atoms with Gasteiger partial charge in [-0.25, -0.2) is 8.42 Å². The minimum atomic E-state index is -3.71. The number of nitrogens with zero attached hydrogens (tertiary/aromatic N) is 3. The number of carbonyl (C=O) groups is 1. The molecule has 1 aliphatic heterocycles. The lowest BCUT2D eigenvalue weighted by Gasteiger charge is -2.29. The molecule has 1 aliphatic rings. The Morgan fingerprint density at radius 2 is 2.30 bits per heavy atom. The van der Waals surface area contributed by atoms with Gasteiger partial charge in [0.15, 0.2) is 0 Å². The SMILES string of the molecule is Cc1nc(-c2csc(S(=O)(=O)N3CCCC(C(=O)O)C3)c2)no1. The second-order valence-corrected chi connectivity index (χ2v) is 8.41. The van der Waals surface area contributed by atoms with Gasteiger partial charge in [-0.05, 0) is 18.9 Å². The molecule has 0 bridgehead atoms. The van der Waals surface area contributed by atoms with E-state index in [-0.39, 0.29) is 10.8 Å². The Morgan fingerprint density at radius 3 is 2.96 bits per heavy atom. The van der Waals surface area contributed by atoms with Crippen molar-refractivity contribution in [2.75, 3.05) is 13.1 Å². The van der Waals surface area contributed by atoms with Crippen molar-refractivity contribution < 1.29 is 22.8 Å². The average Bonchev–Trinajstić information content (AvgIpc) is 3.16. The molecule has 0 spiro atoms. The summed E-state index contributed by atoms with van der Waals surface area (Å²) >= 11 is 1.07. The number of hydrogen-bond donors (Lipinski definition) is 1. The number of piperidine rings is 1. The van der Waals surface area contributed by atoms with Crippen molar-refractivity contribution in [1.82, 2.24) is 14.4 Å². The molecule has 3 heterocycles. The Balaban J connectivity index is 1.85. The molecule has 2 aromatic rings. The van der Waals surface area contributed by atoms with E-state index in [1.165, 1.54) is 10.4 Å². The molecule has 1 saturated heterocycles. The number of carboxylic acids is 1. The quantitative estimate of drug-likeness (QED) is 0.884. The third-order valence-electron chi connectivity index (χ3n) is 3.69. The lowest BCUT2D eigenvalue weighted by molar-refractivity contribution is -0.142. The molecular weight excluding hydrogens is 342 g/mol. The highest BCUT2D eigenvalue weighted by molar-refractivity contribution is 7.91. The predicted octanol–water partition coefficient (Wildman–Crippen LogP) is 1.59. The first-order valence-electron chi connectivity index (χ1n) is 7.00. The molecule has 124 valence electrons. The Labute approximate surface area is 136 Å². The lowest BCUT2D eigenvalue weighted by Crippen LogP contribution is -2.42. The van der Waals surface area contributed by atoms with E-state index < -0.39 is 21.9 Å². The first-order valence-corrected chi connectivity index (χ1v) is 9.32. The number of carboxylic acid groups (broad SMARTS) is 1. The van der Waals surface area contributed by atoms with Crippen LogP contribution < -0.4 is 0 Å². The minimum absolute atomic E-state index is 0.00617. The van der Waals surface area contributed by atoms with E-state index in [4.69, 9.17) is 9.63 Å². The molecule has 10 heteroatoms. The summed E-state index contributed by atoms with van der Waals surface area (Å²) in [6.07, 6.45) is 1.04. The fourth-order valence-electron chi connectivity index (χ4n) is 2.48. The van der Waals surface area contributed by atoms with Gasteiger partial charge in [-0.1, -0.05) is 5.16 Å². The molecule has 2 aromatic heterocycles. The van der Waals surface area contributed by atoms with Crippen molar-refractivity contribution in [3.63, 3.8) is 0 Å². The summed E-state index contributed by atoms with van der Waals surface area (Å²) in [4.78, 5) is 15.2. The van der Waals surface area contributed by atoms with Gasteiger partial charge in [0.25, 0.3) is 10.0 Å². The summed E-state index contributed by atoms with van der Waals surface area (Å²) in [5.41, 5.74) is 0.567. The summed E-state index contributed by atoms with van der Waals surface area (Å²) in [5.74, 6) is -0.880. The van der Waals surface area contributed by atoms with Crippen LogP contribution in [0.2, 0.25) is 0 Å². The number of aromatic nitrogens is 2. The Morgan fingerprint density at radius 1 is 1.52 bits per heavy atom.